The summed E-state index contributed by atoms with van der Waals surface area (Å²) in [6, 6.07) is 6.42. The van der Waals surface area contributed by atoms with E-state index in [1.165, 1.54) is 16.7 Å². The predicted octanol–water partition coefficient (Wildman–Crippen LogP) is 3.09. The SMILES string of the molecule is CNCc1cncc(-c2cc(C)c(OC)cc2C)c1. The van der Waals surface area contributed by atoms with Gasteiger partial charge in [-0.25, -0.2) is 0 Å². The van der Waals surface area contributed by atoms with Gasteiger partial charge in [-0.1, -0.05) is 0 Å². The van der Waals surface area contributed by atoms with E-state index in [4.69, 9.17) is 4.74 Å². The van der Waals surface area contributed by atoms with Crippen LogP contribution in [0.5, 0.6) is 5.75 Å². The molecule has 1 aromatic carbocycles. The Morgan fingerprint density at radius 1 is 1.11 bits per heavy atom. The number of ether oxygens (including phenoxy) is 1. The molecular weight excluding hydrogens is 236 g/mol. The number of hydrogen-bond acceptors (Lipinski definition) is 3. The standard InChI is InChI=1S/C16H20N2O/c1-11-6-16(19-4)12(2)5-15(11)14-7-13(8-17-3)9-18-10-14/h5-7,9-10,17H,8H2,1-4H3. The molecule has 100 valence electrons. The van der Waals surface area contributed by atoms with Crippen LogP contribution in [0.2, 0.25) is 0 Å². The van der Waals surface area contributed by atoms with Gasteiger partial charge in [-0.2, -0.15) is 0 Å². The molecule has 0 aliphatic rings. The third-order valence-corrected chi connectivity index (χ3v) is 3.23. The van der Waals surface area contributed by atoms with Gasteiger partial charge < -0.3 is 10.1 Å². The maximum absolute atomic E-state index is 5.35. The summed E-state index contributed by atoms with van der Waals surface area (Å²) in [4.78, 5) is 4.32. The van der Waals surface area contributed by atoms with Crippen molar-refractivity contribution in [3.63, 3.8) is 0 Å². The van der Waals surface area contributed by atoms with E-state index >= 15 is 0 Å². The van der Waals surface area contributed by atoms with Crippen molar-refractivity contribution in [1.29, 1.82) is 0 Å². The second-order valence-corrected chi connectivity index (χ2v) is 4.75. The monoisotopic (exact) mass is 256 g/mol. The summed E-state index contributed by atoms with van der Waals surface area (Å²) >= 11 is 0. The summed E-state index contributed by atoms with van der Waals surface area (Å²) in [5.41, 5.74) is 5.89. The van der Waals surface area contributed by atoms with Crippen LogP contribution in [0.1, 0.15) is 16.7 Å². The molecule has 3 heteroatoms. The lowest BCUT2D eigenvalue weighted by Crippen LogP contribution is -2.05. The molecule has 0 aliphatic carbocycles. The molecule has 0 saturated heterocycles. The fourth-order valence-corrected chi connectivity index (χ4v) is 2.26. The third-order valence-electron chi connectivity index (χ3n) is 3.23. The number of rotatable bonds is 4. The maximum atomic E-state index is 5.35. The first-order valence-electron chi connectivity index (χ1n) is 6.40. The summed E-state index contributed by atoms with van der Waals surface area (Å²) in [5.74, 6) is 0.931. The predicted molar refractivity (Wildman–Crippen MR) is 78.5 cm³/mol. The van der Waals surface area contributed by atoms with Crippen LogP contribution < -0.4 is 10.1 Å². The quantitative estimate of drug-likeness (QED) is 0.912. The Labute approximate surface area is 114 Å². The maximum Gasteiger partial charge on any atom is 0.122 e. The molecule has 0 unspecified atom stereocenters. The number of nitrogens with one attached hydrogen (secondary N) is 1. The molecule has 1 N–H and O–H groups in total. The first-order valence-corrected chi connectivity index (χ1v) is 6.40. The number of aryl methyl sites for hydroxylation is 2. The molecular formula is C16H20N2O. The average molecular weight is 256 g/mol. The molecule has 1 aromatic heterocycles. The highest BCUT2D eigenvalue weighted by Crippen LogP contribution is 2.29. The number of nitrogens with zero attached hydrogens (tertiary/aromatic N) is 1. The van der Waals surface area contributed by atoms with Gasteiger partial charge in [0.05, 0.1) is 7.11 Å². The van der Waals surface area contributed by atoms with Crippen LogP contribution in [0.4, 0.5) is 0 Å². The summed E-state index contributed by atoms with van der Waals surface area (Å²) in [6.45, 7) is 4.99. The summed E-state index contributed by atoms with van der Waals surface area (Å²) in [6.07, 6.45) is 3.80. The minimum absolute atomic E-state index is 0.828. The molecule has 1 heterocycles. The van der Waals surface area contributed by atoms with Crippen molar-refractivity contribution in [2.75, 3.05) is 14.2 Å². The molecule has 0 fully saturated rings. The molecule has 0 spiro atoms. The zero-order valence-corrected chi connectivity index (χ0v) is 11.9. The second kappa shape index (κ2) is 5.85. The van der Waals surface area contributed by atoms with Gasteiger partial charge in [0.15, 0.2) is 0 Å². The minimum Gasteiger partial charge on any atom is -0.496 e. The Bertz CT molecular complexity index is 579. The molecule has 0 amide bonds. The van der Waals surface area contributed by atoms with Gasteiger partial charge in [0.2, 0.25) is 0 Å². The van der Waals surface area contributed by atoms with Gasteiger partial charge in [-0.15, -0.1) is 0 Å². The van der Waals surface area contributed by atoms with E-state index in [-0.39, 0.29) is 0 Å². The van der Waals surface area contributed by atoms with E-state index in [1.54, 1.807) is 7.11 Å². The van der Waals surface area contributed by atoms with E-state index in [9.17, 15) is 0 Å². The summed E-state index contributed by atoms with van der Waals surface area (Å²) < 4.78 is 5.35. The normalized spacial score (nSPS) is 10.5. The Morgan fingerprint density at radius 2 is 1.89 bits per heavy atom. The van der Waals surface area contributed by atoms with Gasteiger partial charge in [0, 0.05) is 24.5 Å². The highest BCUT2D eigenvalue weighted by Gasteiger charge is 2.07. The number of hydrogen-bond donors (Lipinski definition) is 1. The lowest BCUT2D eigenvalue weighted by molar-refractivity contribution is 0.411. The van der Waals surface area contributed by atoms with E-state index in [0.717, 1.165) is 23.4 Å². The second-order valence-electron chi connectivity index (χ2n) is 4.75. The smallest absolute Gasteiger partial charge is 0.122 e. The van der Waals surface area contributed by atoms with Crippen LogP contribution in [-0.4, -0.2) is 19.1 Å². The third kappa shape index (κ3) is 2.93. The van der Waals surface area contributed by atoms with Crippen molar-refractivity contribution in [3.05, 3.63) is 47.3 Å². The van der Waals surface area contributed by atoms with Crippen molar-refractivity contribution in [3.8, 4) is 16.9 Å². The lowest BCUT2D eigenvalue weighted by Gasteiger charge is -2.12. The van der Waals surface area contributed by atoms with Gasteiger partial charge in [0.1, 0.15) is 5.75 Å². The molecule has 0 atom stereocenters. The van der Waals surface area contributed by atoms with Crippen molar-refractivity contribution >= 4 is 0 Å². The van der Waals surface area contributed by atoms with Crippen LogP contribution >= 0.6 is 0 Å². The first kappa shape index (κ1) is 13.6. The van der Waals surface area contributed by atoms with E-state index < -0.39 is 0 Å². The van der Waals surface area contributed by atoms with Gasteiger partial charge in [-0.05, 0) is 61.3 Å². The summed E-state index contributed by atoms with van der Waals surface area (Å²) in [5, 5.41) is 3.15. The number of benzene rings is 1. The molecule has 3 nitrogen and oxygen atoms in total. The largest absolute Gasteiger partial charge is 0.496 e. The van der Waals surface area contributed by atoms with E-state index in [0.29, 0.717) is 0 Å². The van der Waals surface area contributed by atoms with Crippen LogP contribution in [0.3, 0.4) is 0 Å². The average Bonchev–Trinajstić information content (AvgIpc) is 2.41. The molecule has 19 heavy (non-hydrogen) atoms. The Balaban J connectivity index is 2.46. The van der Waals surface area contributed by atoms with E-state index in [2.05, 4.69) is 42.3 Å². The number of methoxy groups -OCH3 is 1. The van der Waals surface area contributed by atoms with Crippen molar-refractivity contribution in [2.45, 2.75) is 20.4 Å². The van der Waals surface area contributed by atoms with E-state index in [1.807, 2.05) is 19.4 Å². The van der Waals surface area contributed by atoms with Gasteiger partial charge >= 0.3 is 0 Å². The first-order chi connectivity index (χ1) is 9.15. The zero-order valence-electron chi connectivity index (χ0n) is 11.9. The van der Waals surface area contributed by atoms with Crippen LogP contribution in [-0.2, 0) is 6.54 Å². The van der Waals surface area contributed by atoms with Crippen molar-refractivity contribution in [2.24, 2.45) is 0 Å². The number of pyridine rings is 1. The summed E-state index contributed by atoms with van der Waals surface area (Å²) in [7, 11) is 3.64. The van der Waals surface area contributed by atoms with Crippen LogP contribution in [0.25, 0.3) is 11.1 Å². The highest BCUT2D eigenvalue weighted by molar-refractivity contribution is 5.69. The molecule has 0 aliphatic heterocycles. The molecule has 2 rings (SSSR count). The molecule has 0 bridgehead atoms. The number of aromatic nitrogens is 1. The fourth-order valence-electron chi connectivity index (χ4n) is 2.26. The van der Waals surface area contributed by atoms with Crippen LogP contribution in [0, 0.1) is 13.8 Å². The molecule has 2 aromatic rings. The zero-order chi connectivity index (χ0) is 13.8. The van der Waals surface area contributed by atoms with Crippen LogP contribution in [0.15, 0.2) is 30.6 Å². The Morgan fingerprint density at radius 3 is 2.58 bits per heavy atom. The lowest BCUT2D eigenvalue weighted by atomic mass is 9.98. The Hall–Kier alpha value is -1.87. The topological polar surface area (TPSA) is 34.2 Å². The molecule has 0 radical (unpaired) electrons. The fraction of sp³-hybridized carbons (Fsp3) is 0.312. The highest BCUT2D eigenvalue weighted by atomic mass is 16.5. The van der Waals surface area contributed by atoms with Crippen molar-refractivity contribution < 1.29 is 4.74 Å². The minimum atomic E-state index is 0.828. The van der Waals surface area contributed by atoms with Crippen molar-refractivity contribution in [1.82, 2.24) is 10.3 Å². The molecule has 0 saturated carbocycles. The van der Waals surface area contributed by atoms with Gasteiger partial charge in [0.25, 0.3) is 0 Å². The Kier molecular flexibility index (Phi) is 4.17. The van der Waals surface area contributed by atoms with Gasteiger partial charge in [-0.3, -0.25) is 4.98 Å².